The van der Waals surface area contributed by atoms with Crippen LogP contribution in [0.15, 0.2) is 131 Å². The fourth-order valence-corrected chi connectivity index (χ4v) is 10.2. The molecule has 0 aliphatic carbocycles. The van der Waals surface area contributed by atoms with Gasteiger partial charge in [-0.15, -0.1) is 45.3 Å². The van der Waals surface area contributed by atoms with Gasteiger partial charge in [0.25, 0.3) is 11.4 Å². The van der Waals surface area contributed by atoms with Gasteiger partial charge in [-0.3, -0.25) is 29.9 Å². The number of hydrogen-bond donors (Lipinski definition) is 1. The Morgan fingerprint density at radius 3 is 1.67 bits per heavy atom. The van der Waals surface area contributed by atoms with Crippen LogP contribution in [0.2, 0.25) is 0 Å². The number of likely N-dealkylation sites (N-methyl/N-ethyl adjacent to an activating group) is 1. The Bertz CT molecular complexity index is 2820. The second-order valence-corrected chi connectivity index (χ2v) is 18.8. The third-order valence-corrected chi connectivity index (χ3v) is 14.2. The summed E-state index contributed by atoms with van der Waals surface area (Å²) < 4.78 is 10.6. The summed E-state index contributed by atoms with van der Waals surface area (Å²) in [5.74, 6) is 1.51. The van der Waals surface area contributed by atoms with Gasteiger partial charge >= 0.3 is 0 Å². The van der Waals surface area contributed by atoms with Crippen molar-refractivity contribution in [1.82, 2.24) is 14.9 Å². The van der Waals surface area contributed by atoms with Crippen molar-refractivity contribution in [2.24, 2.45) is 0 Å². The number of quaternary nitrogens is 1. The number of non-ortho nitro benzene ring substituents is 2. The van der Waals surface area contributed by atoms with Gasteiger partial charge in [0.05, 0.1) is 51.1 Å². The highest BCUT2D eigenvalue weighted by molar-refractivity contribution is 7.20. The zero-order valence-corrected chi connectivity index (χ0v) is 42.2. The van der Waals surface area contributed by atoms with Gasteiger partial charge in [0.1, 0.15) is 33.3 Å². The molecular formula is C49H49BrN6O7S4. The van der Waals surface area contributed by atoms with Crippen LogP contribution in [0.5, 0.6) is 11.5 Å². The number of carbonyl (C=O) groups is 1. The number of thiophene rings is 2. The minimum atomic E-state index is -0.390. The van der Waals surface area contributed by atoms with Crippen molar-refractivity contribution in [3.63, 3.8) is 0 Å². The summed E-state index contributed by atoms with van der Waals surface area (Å²) >= 11 is 6.62. The first-order chi connectivity index (χ1) is 31.8. The molecule has 0 aliphatic rings. The molecular weight excluding hydrogens is 993 g/mol. The highest BCUT2D eigenvalue weighted by Gasteiger charge is 2.23. The zero-order valence-electron chi connectivity index (χ0n) is 37.4. The molecule has 0 amide bonds. The molecule has 2 atom stereocenters. The molecule has 0 radical (unpaired) electrons. The number of nitro benzene ring substituents is 2. The van der Waals surface area contributed by atoms with Crippen LogP contribution in [-0.2, 0) is 19.4 Å². The van der Waals surface area contributed by atoms with Crippen LogP contribution < -0.4 is 32.2 Å². The van der Waals surface area contributed by atoms with Gasteiger partial charge in [0, 0.05) is 53.6 Å². The number of aryl methyl sites for hydroxylation is 2. The number of hydrogen-bond acceptors (Lipinski definition) is 14. The maximum Gasteiger partial charge on any atom is 0.269 e. The van der Waals surface area contributed by atoms with Gasteiger partial charge < -0.3 is 32.2 Å². The Hall–Kier alpha value is -5.99. The summed E-state index contributed by atoms with van der Waals surface area (Å²) in [6, 6.07) is 33.3. The standard InChI is InChI=1S/C25H25N3O3S2.C15H13N3O2S2.C9H10O2.BrH/c1-17-6-9-19(23(13-17)31-3)15-27(2)22(14-18-7-10-20(11-8-18)28(29)30)21-16-33-25(26-21)24-5-4-12-32-24;16-12(8-10-3-5-11(6-4-10)18(19)20)13-9-22-15(17-13)14-2-1-7-21-14;1-7-3-4-8(6-10)9(5-7)11-2;/h4-13,16,22H,14-15H2,1-3H3;1-7,9,12H,8,16H2;3-6H,1-2H3;1H/t22-;12-;;/m00../s1. The fraction of sp³-hybridized carbons (Fsp3) is 0.204. The Labute approximate surface area is 415 Å². The lowest BCUT2D eigenvalue weighted by Crippen LogP contribution is -3.00. The third-order valence-electron chi connectivity index (χ3n) is 10.4. The second kappa shape index (κ2) is 25.2. The van der Waals surface area contributed by atoms with Gasteiger partial charge in [0.15, 0.2) is 6.29 Å². The quantitative estimate of drug-likeness (QED) is 0.0560. The lowest BCUT2D eigenvalue weighted by Gasteiger charge is -2.28. The van der Waals surface area contributed by atoms with Crippen molar-refractivity contribution < 1.29 is 46.8 Å². The smallest absolute Gasteiger partial charge is 0.269 e. The van der Waals surface area contributed by atoms with Gasteiger partial charge in [0.2, 0.25) is 0 Å². The molecule has 0 saturated heterocycles. The average molecular weight is 1040 g/mol. The first-order valence-electron chi connectivity index (χ1n) is 20.6. The molecule has 0 spiro atoms. The van der Waals surface area contributed by atoms with E-state index in [2.05, 4.69) is 64.6 Å². The molecule has 3 N–H and O–H groups in total. The number of nitro groups is 2. The van der Waals surface area contributed by atoms with Crippen molar-refractivity contribution in [1.29, 1.82) is 0 Å². The molecule has 4 aromatic heterocycles. The number of benzene rings is 4. The van der Waals surface area contributed by atoms with Gasteiger partial charge in [-0.25, -0.2) is 9.97 Å². The average Bonchev–Trinajstić information content (AvgIpc) is 4.18. The van der Waals surface area contributed by atoms with E-state index in [1.165, 1.54) is 17.0 Å². The Kier molecular flexibility index (Phi) is 19.6. The lowest BCUT2D eigenvalue weighted by atomic mass is 10.0. The minimum absolute atomic E-state index is 0. The highest BCUT2D eigenvalue weighted by Crippen LogP contribution is 2.35. The van der Waals surface area contributed by atoms with E-state index in [0.29, 0.717) is 30.7 Å². The van der Waals surface area contributed by atoms with Gasteiger partial charge in [-0.05, 0) is 90.7 Å². The minimum Gasteiger partial charge on any atom is -1.00 e. The van der Waals surface area contributed by atoms with Crippen LogP contribution in [0.4, 0.5) is 11.4 Å². The molecule has 348 valence electrons. The molecule has 67 heavy (non-hydrogen) atoms. The van der Waals surface area contributed by atoms with Crippen molar-refractivity contribution in [3.05, 3.63) is 196 Å². The molecule has 0 saturated carbocycles. The topological polar surface area (TPSA) is 178 Å². The normalized spacial score (nSPS) is 11.5. The van der Waals surface area contributed by atoms with Crippen LogP contribution >= 0.6 is 45.3 Å². The molecule has 4 heterocycles. The van der Waals surface area contributed by atoms with E-state index in [4.69, 9.17) is 14.5 Å². The van der Waals surface area contributed by atoms with E-state index >= 15 is 0 Å². The maximum atomic E-state index is 11.0. The molecule has 0 unspecified atom stereocenters. The largest absolute Gasteiger partial charge is 1.00 e. The van der Waals surface area contributed by atoms with E-state index in [0.717, 1.165) is 66.1 Å². The summed E-state index contributed by atoms with van der Waals surface area (Å²) in [5.41, 5.74) is 12.3. The molecule has 4 aromatic carbocycles. The monoisotopic (exact) mass is 1040 g/mol. The molecule has 0 fully saturated rings. The van der Waals surface area contributed by atoms with Crippen LogP contribution in [-0.4, -0.2) is 52.3 Å². The first-order valence-corrected chi connectivity index (χ1v) is 24.1. The number of nitrogens with zero attached hydrogens (tertiary/aromatic N) is 5. The van der Waals surface area contributed by atoms with Crippen molar-refractivity contribution >= 4 is 63.0 Å². The van der Waals surface area contributed by atoms with Gasteiger partial charge in [-0.2, -0.15) is 0 Å². The summed E-state index contributed by atoms with van der Waals surface area (Å²) in [7, 11) is 5.33. The van der Waals surface area contributed by atoms with E-state index in [1.807, 2.05) is 60.1 Å². The van der Waals surface area contributed by atoms with Crippen LogP contribution in [0, 0.1) is 34.1 Å². The molecule has 8 aromatic rings. The molecule has 0 aliphatic heterocycles. The Balaban J connectivity index is 0.000000212. The fourth-order valence-electron chi connectivity index (χ4n) is 6.82. The first kappa shape index (κ1) is 52.0. The molecule has 8 rings (SSSR count). The summed E-state index contributed by atoms with van der Waals surface area (Å²) in [6.45, 7) is 4.69. The van der Waals surface area contributed by atoms with E-state index in [9.17, 15) is 25.0 Å². The maximum absolute atomic E-state index is 11.0. The Morgan fingerprint density at radius 1 is 0.687 bits per heavy atom. The second-order valence-electron chi connectivity index (χ2n) is 15.2. The Morgan fingerprint density at radius 2 is 1.18 bits per heavy atom. The number of halogens is 1. The van der Waals surface area contributed by atoms with Crippen molar-refractivity contribution in [3.8, 4) is 31.3 Å². The number of aromatic nitrogens is 2. The van der Waals surface area contributed by atoms with E-state index in [-0.39, 0.29) is 50.3 Å². The van der Waals surface area contributed by atoms with Crippen molar-refractivity contribution in [2.45, 2.75) is 45.3 Å². The lowest BCUT2D eigenvalue weighted by molar-refractivity contribution is -0.427. The number of carbonyl (C=O) groups excluding carboxylic acids is 1. The molecule has 0 bridgehead atoms. The molecule has 13 nitrogen and oxygen atoms in total. The van der Waals surface area contributed by atoms with E-state index in [1.54, 1.807) is 89.9 Å². The zero-order chi connectivity index (χ0) is 47.2. The summed E-state index contributed by atoms with van der Waals surface area (Å²) in [6.07, 6.45) is 2.19. The number of aldehydes is 1. The number of methoxy groups -OCH3 is 2. The van der Waals surface area contributed by atoms with E-state index < -0.39 is 0 Å². The summed E-state index contributed by atoms with van der Waals surface area (Å²) in [5, 5.41) is 32.0. The number of thiazole rings is 2. The SMILES string of the molecule is COc1cc(C)ccc1C=O.COc1cc(C)ccc1CN(C)[C@@H](Cc1ccc([N+](=O)[O-])cc1)c1csc(-c2cccs2)n1.[Br-].[NH3+][C@@H](Cc1ccc([N+](=O)[O-])cc1)c1csc(-c2cccs2)n1. The highest BCUT2D eigenvalue weighted by atomic mass is 79.9. The number of rotatable bonds is 16. The molecule has 18 heteroatoms. The van der Waals surface area contributed by atoms with Crippen LogP contribution in [0.25, 0.3) is 19.8 Å². The van der Waals surface area contributed by atoms with Crippen LogP contribution in [0.3, 0.4) is 0 Å². The third kappa shape index (κ3) is 14.5. The van der Waals surface area contributed by atoms with Gasteiger partial charge in [-0.1, -0.05) is 54.6 Å². The number of ether oxygens (including phenoxy) is 2. The van der Waals surface area contributed by atoms with Crippen molar-refractivity contribution in [2.75, 3.05) is 21.3 Å². The predicted molar refractivity (Wildman–Crippen MR) is 265 cm³/mol. The summed E-state index contributed by atoms with van der Waals surface area (Å²) in [4.78, 5) is 45.6. The van der Waals surface area contributed by atoms with Crippen LogP contribution in [0.1, 0.15) is 61.6 Å². The predicted octanol–water partition coefficient (Wildman–Crippen LogP) is 8.64.